The topological polar surface area (TPSA) is 55.0 Å². The lowest BCUT2D eigenvalue weighted by atomic mass is 10.2. The Balaban J connectivity index is 2.48. The first-order chi connectivity index (χ1) is 9.06. The Hall–Kier alpha value is -1.01. The number of nitrogen functional groups attached to an aromatic ring is 1. The minimum atomic E-state index is 0.357. The molecule has 0 saturated carbocycles. The van der Waals surface area contributed by atoms with Crippen LogP contribution in [0.15, 0.2) is 6.07 Å². The van der Waals surface area contributed by atoms with Crippen molar-refractivity contribution >= 4 is 45.1 Å². The third-order valence-corrected chi connectivity index (χ3v) is 5.18. The Labute approximate surface area is 122 Å². The second kappa shape index (κ2) is 5.96. The Morgan fingerprint density at radius 1 is 1.47 bits per heavy atom. The smallest absolute Gasteiger partial charge is 0.223 e. The van der Waals surface area contributed by atoms with Gasteiger partial charge in [0.05, 0.1) is 5.39 Å². The lowest BCUT2D eigenvalue weighted by Gasteiger charge is -2.26. The van der Waals surface area contributed by atoms with Crippen molar-refractivity contribution in [3.63, 3.8) is 0 Å². The van der Waals surface area contributed by atoms with Crippen molar-refractivity contribution in [2.24, 2.45) is 0 Å². The van der Waals surface area contributed by atoms with Gasteiger partial charge in [-0.25, -0.2) is 4.98 Å². The molecule has 0 aliphatic rings. The van der Waals surface area contributed by atoms with Crippen molar-refractivity contribution in [3.05, 3.63) is 10.9 Å². The second-order valence-corrected chi connectivity index (χ2v) is 6.63. The summed E-state index contributed by atoms with van der Waals surface area (Å²) >= 11 is 3.54. The van der Waals surface area contributed by atoms with Gasteiger partial charge in [-0.15, -0.1) is 11.3 Å². The number of rotatable bonds is 5. The molecule has 2 heterocycles. The predicted molar refractivity (Wildman–Crippen MR) is 87.5 cm³/mol. The summed E-state index contributed by atoms with van der Waals surface area (Å²) < 4.78 is 0. The molecule has 0 radical (unpaired) electrons. The first kappa shape index (κ1) is 14.4. The normalized spacial score (nSPS) is 12.8. The standard InChI is InChI=1S/C13H20N4S2/c1-5-9-6-10-11(17(3)8(2)7-18-4)15-13(14)16-12(10)19-9/h6,8H,5,7H2,1-4H3,(H2,14,15,16). The summed E-state index contributed by atoms with van der Waals surface area (Å²) in [7, 11) is 2.07. The Kier molecular flexibility index (Phi) is 4.52. The monoisotopic (exact) mass is 296 g/mol. The van der Waals surface area contributed by atoms with Crippen LogP contribution in [0.25, 0.3) is 10.2 Å². The largest absolute Gasteiger partial charge is 0.368 e. The third kappa shape index (κ3) is 2.95. The fourth-order valence-corrected chi connectivity index (χ4v) is 3.65. The first-order valence-corrected chi connectivity index (χ1v) is 8.55. The molecule has 2 aromatic rings. The van der Waals surface area contributed by atoms with Gasteiger partial charge >= 0.3 is 0 Å². The number of hydrogen-bond donors (Lipinski definition) is 1. The Morgan fingerprint density at radius 2 is 2.21 bits per heavy atom. The van der Waals surface area contributed by atoms with Gasteiger partial charge in [-0.2, -0.15) is 16.7 Å². The fraction of sp³-hybridized carbons (Fsp3) is 0.538. The molecule has 0 bridgehead atoms. The summed E-state index contributed by atoms with van der Waals surface area (Å²) in [5.41, 5.74) is 5.84. The van der Waals surface area contributed by atoms with Gasteiger partial charge in [0.15, 0.2) is 0 Å². The van der Waals surface area contributed by atoms with E-state index in [4.69, 9.17) is 5.73 Å². The van der Waals surface area contributed by atoms with E-state index < -0.39 is 0 Å². The third-order valence-electron chi connectivity index (χ3n) is 3.19. The van der Waals surface area contributed by atoms with Gasteiger partial charge in [0, 0.05) is 23.7 Å². The van der Waals surface area contributed by atoms with Crippen LogP contribution in [-0.4, -0.2) is 35.1 Å². The summed E-state index contributed by atoms with van der Waals surface area (Å²) in [6, 6.07) is 2.61. The molecule has 104 valence electrons. The molecule has 4 nitrogen and oxygen atoms in total. The van der Waals surface area contributed by atoms with Crippen LogP contribution < -0.4 is 10.6 Å². The highest BCUT2D eigenvalue weighted by Gasteiger charge is 2.17. The maximum atomic E-state index is 5.84. The summed E-state index contributed by atoms with van der Waals surface area (Å²) in [5, 5.41) is 1.12. The van der Waals surface area contributed by atoms with E-state index in [-0.39, 0.29) is 0 Å². The van der Waals surface area contributed by atoms with Gasteiger partial charge in [-0.1, -0.05) is 6.92 Å². The van der Waals surface area contributed by atoms with Crippen LogP contribution in [-0.2, 0) is 6.42 Å². The molecule has 0 aliphatic heterocycles. The minimum Gasteiger partial charge on any atom is -0.368 e. The SMILES string of the molecule is CCc1cc2c(N(C)C(C)CSC)nc(N)nc2s1. The summed E-state index contributed by atoms with van der Waals surface area (Å²) in [4.78, 5) is 13.3. The fourth-order valence-electron chi connectivity index (χ4n) is 1.98. The summed E-state index contributed by atoms with van der Waals surface area (Å²) in [6.07, 6.45) is 3.14. The molecule has 0 fully saturated rings. The maximum Gasteiger partial charge on any atom is 0.223 e. The number of aromatic nitrogens is 2. The van der Waals surface area contributed by atoms with Crippen molar-refractivity contribution in [2.75, 3.05) is 29.7 Å². The van der Waals surface area contributed by atoms with Crippen LogP contribution in [0, 0.1) is 0 Å². The number of anilines is 2. The molecule has 2 aromatic heterocycles. The summed E-state index contributed by atoms with van der Waals surface area (Å²) in [6.45, 7) is 4.36. The minimum absolute atomic E-state index is 0.357. The zero-order valence-corrected chi connectivity index (χ0v) is 13.4. The van der Waals surface area contributed by atoms with Gasteiger partial charge in [0.2, 0.25) is 5.95 Å². The highest BCUT2D eigenvalue weighted by atomic mass is 32.2. The molecule has 0 amide bonds. The van der Waals surface area contributed by atoms with Crippen LogP contribution in [0.1, 0.15) is 18.7 Å². The van der Waals surface area contributed by atoms with E-state index in [1.165, 1.54) is 4.88 Å². The molecule has 0 aliphatic carbocycles. The zero-order valence-electron chi connectivity index (χ0n) is 11.8. The van der Waals surface area contributed by atoms with E-state index in [0.717, 1.165) is 28.2 Å². The average molecular weight is 296 g/mol. The van der Waals surface area contributed by atoms with Crippen LogP contribution in [0.4, 0.5) is 11.8 Å². The molecule has 2 N–H and O–H groups in total. The molecular formula is C13H20N4S2. The van der Waals surface area contributed by atoms with Gasteiger partial charge in [-0.05, 0) is 25.7 Å². The lowest BCUT2D eigenvalue weighted by Crippen LogP contribution is -2.31. The summed E-state index contributed by atoms with van der Waals surface area (Å²) in [5.74, 6) is 2.36. The van der Waals surface area contributed by atoms with Crippen LogP contribution in [0.5, 0.6) is 0 Å². The first-order valence-electron chi connectivity index (χ1n) is 6.34. The van der Waals surface area contributed by atoms with E-state index in [9.17, 15) is 0 Å². The number of nitrogens with two attached hydrogens (primary N) is 1. The van der Waals surface area contributed by atoms with Crippen molar-refractivity contribution < 1.29 is 0 Å². The maximum absolute atomic E-state index is 5.84. The van der Waals surface area contributed by atoms with E-state index in [0.29, 0.717) is 12.0 Å². The molecule has 2 rings (SSSR count). The molecule has 6 heteroatoms. The molecule has 1 atom stereocenters. The molecular weight excluding hydrogens is 276 g/mol. The van der Waals surface area contributed by atoms with Gasteiger partial charge in [-0.3, -0.25) is 0 Å². The number of thiophene rings is 1. The number of nitrogens with zero attached hydrogens (tertiary/aromatic N) is 3. The van der Waals surface area contributed by atoms with Crippen LogP contribution in [0.3, 0.4) is 0 Å². The molecule has 0 spiro atoms. The number of aryl methyl sites for hydroxylation is 1. The zero-order chi connectivity index (χ0) is 14.0. The Morgan fingerprint density at radius 3 is 2.84 bits per heavy atom. The van der Waals surface area contributed by atoms with E-state index >= 15 is 0 Å². The Bertz CT molecular complexity index is 567. The van der Waals surface area contributed by atoms with E-state index in [1.54, 1.807) is 11.3 Å². The van der Waals surface area contributed by atoms with E-state index in [1.807, 2.05) is 11.8 Å². The quantitative estimate of drug-likeness (QED) is 0.919. The number of hydrogen-bond acceptors (Lipinski definition) is 6. The molecule has 0 aromatic carbocycles. The van der Waals surface area contributed by atoms with Crippen molar-refractivity contribution in [1.29, 1.82) is 0 Å². The lowest BCUT2D eigenvalue weighted by molar-refractivity contribution is 0.757. The van der Waals surface area contributed by atoms with Crippen LogP contribution in [0.2, 0.25) is 0 Å². The molecule has 1 unspecified atom stereocenters. The highest BCUT2D eigenvalue weighted by molar-refractivity contribution is 7.98. The highest BCUT2D eigenvalue weighted by Crippen LogP contribution is 2.32. The van der Waals surface area contributed by atoms with Gasteiger partial charge in [0.1, 0.15) is 10.6 Å². The predicted octanol–water partition coefficient (Wildman–Crippen LogP) is 3.02. The second-order valence-electron chi connectivity index (χ2n) is 4.61. The number of thioether (sulfide) groups is 1. The van der Waals surface area contributed by atoms with Crippen molar-refractivity contribution in [3.8, 4) is 0 Å². The van der Waals surface area contributed by atoms with Gasteiger partial charge < -0.3 is 10.6 Å². The van der Waals surface area contributed by atoms with Crippen molar-refractivity contribution in [1.82, 2.24) is 9.97 Å². The van der Waals surface area contributed by atoms with Crippen molar-refractivity contribution in [2.45, 2.75) is 26.3 Å². The van der Waals surface area contributed by atoms with Gasteiger partial charge in [0.25, 0.3) is 0 Å². The molecule has 0 saturated heterocycles. The molecule has 19 heavy (non-hydrogen) atoms. The average Bonchev–Trinajstić information content (AvgIpc) is 2.79. The van der Waals surface area contributed by atoms with E-state index in [2.05, 4.69) is 48.1 Å². The van der Waals surface area contributed by atoms with Crippen LogP contribution >= 0.6 is 23.1 Å². The number of fused-ring (bicyclic) bond motifs is 1.